The van der Waals surface area contributed by atoms with Crippen LogP contribution in [-0.4, -0.2) is 24.2 Å². The number of hydrogen-bond donors (Lipinski definition) is 3. The lowest BCUT2D eigenvalue weighted by Gasteiger charge is -2.14. The molecule has 2 aromatic rings. The maximum atomic E-state index is 12.4. The fourth-order valence-corrected chi connectivity index (χ4v) is 2.64. The van der Waals surface area contributed by atoms with Crippen LogP contribution in [0.25, 0.3) is 0 Å². The Kier molecular flexibility index (Phi) is 8.84. The van der Waals surface area contributed by atoms with Crippen LogP contribution in [0.3, 0.4) is 0 Å². The van der Waals surface area contributed by atoms with E-state index in [0.29, 0.717) is 41.0 Å². The van der Waals surface area contributed by atoms with Crippen LogP contribution >= 0.6 is 23.8 Å². The second-order valence-corrected chi connectivity index (χ2v) is 6.68. The number of carbonyl (C=O) groups excluding carboxylic acids is 1. The molecule has 6 nitrogen and oxygen atoms in total. The normalized spacial score (nSPS) is 10.1. The summed E-state index contributed by atoms with van der Waals surface area (Å²) in [4.78, 5) is 12.4. The van der Waals surface area contributed by atoms with Gasteiger partial charge in [-0.2, -0.15) is 0 Å². The number of ether oxygens (including phenoxy) is 2. The van der Waals surface area contributed by atoms with Crippen molar-refractivity contribution in [3.63, 3.8) is 0 Å². The summed E-state index contributed by atoms with van der Waals surface area (Å²) in [5.41, 5.74) is 6.35. The van der Waals surface area contributed by atoms with Crippen molar-refractivity contribution in [2.45, 2.75) is 26.7 Å². The molecule has 3 N–H and O–H groups in total. The number of halogens is 1. The SMILES string of the molecule is CCCCOc1ccc(C(=O)NNC(=S)Nc2cccc(Cl)c2)cc1OCC. The van der Waals surface area contributed by atoms with Gasteiger partial charge < -0.3 is 14.8 Å². The number of unbranched alkanes of at least 4 members (excludes halogenated alkanes) is 1. The molecule has 0 aromatic heterocycles. The molecule has 0 aliphatic carbocycles. The van der Waals surface area contributed by atoms with E-state index in [2.05, 4.69) is 23.1 Å². The quantitative estimate of drug-likeness (QED) is 0.330. The Bertz CT molecular complexity index is 817. The van der Waals surface area contributed by atoms with Crippen LogP contribution in [-0.2, 0) is 0 Å². The van der Waals surface area contributed by atoms with E-state index in [1.807, 2.05) is 13.0 Å². The Balaban J connectivity index is 1.95. The number of carbonyl (C=O) groups is 1. The summed E-state index contributed by atoms with van der Waals surface area (Å²) in [6.07, 6.45) is 1.99. The summed E-state index contributed by atoms with van der Waals surface area (Å²) < 4.78 is 11.3. The van der Waals surface area contributed by atoms with Crippen molar-refractivity contribution < 1.29 is 14.3 Å². The summed E-state index contributed by atoms with van der Waals surface area (Å²) >= 11 is 11.1. The highest BCUT2D eigenvalue weighted by Crippen LogP contribution is 2.28. The van der Waals surface area contributed by atoms with Crippen LogP contribution in [0.5, 0.6) is 11.5 Å². The topological polar surface area (TPSA) is 71.6 Å². The highest BCUT2D eigenvalue weighted by atomic mass is 35.5. The van der Waals surface area contributed by atoms with Gasteiger partial charge >= 0.3 is 0 Å². The molecule has 1 amide bonds. The van der Waals surface area contributed by atoms with Crippen LogP contribution in [0.1, 0.15) is 37.0 Å². The second-order valence-electron chi connectivity index (χ2n) is 5.84. The monoisotopic (exact) mass is 421 g/mol. The number of thiocarbonyl (C=S) groups is 1. The fourth-order valence-electron chi connectivity index (χ4n) is 2.28. The molecule has 0 saturated heterocycles. The molecule has 0 atom stereocenters. The van der Waals surface area contributed by atoms with E-state index in [0.717, 1.165) is 12.8 Å². The molecule has 8 heteroatoms. The predicted molar refractivity (Wildman–Crippen MR) is 116 cm³/mol. The molecule has 2 aromatic carbocycles. The van der Waals surface area contributed by atoms with Crippen molar-refractivity contribution in [1.82, 2.24) is 10.9 Å². The molecule has 0 saturated carbocycles. The average Bonchev–Trinajstić information content (AvgIpc) is 2.67. The molecule has 0 bridgehead atoms. The standard InChI is InChI=1S/C20H24ClN3O3S/c1-3-5-11-27-17-10-9-14(12-18(17)26-4-2)19(25)23-24-20(28)22-16-8-6-7-15(21)13-16/h6-10,12-13H,3-5,11H2,1-2H3,(H,23,25)(H2,22,24,28). The molecule has 150 valence electrons. The molecule has 28 heavy (non-hydrogen) atoms. The van der Waals surface area contributed by atoms with Gasteiger partial charge in [-0.05, 0) is 62.0 Å². The lowest BCUT2D eigenvalue weighted by molar-refractivity contribution is 0.0943. The highest BCUT2D eigenvalue weighted by molar-refractivity contribution is 7.80. The number of amides is 1. The van der Waals surface area contributed by atoms with Gasteiger partial charge in [0.2, 0.25) is 0 Å². The minimum absolute atomic E-state index is 0.236. The average molecular weight is 422 g/mol. The van der Waals surface area contributed by atoms with Crippen LogP contribution < -0.4 is 25.6 Å². The van der Waals surface area contributed by atoms with Gasteiger partial charge in [0.15, 0.2) is 16.6 Å². The predicted octanol–water partition coefficient (Wildman–Crippen LogP) is 4.55. The molecule has 2 rings (SSSR count). The Hall–Kier alpha value is -2.51. The smallest absolute Gasteiger partial charge is 0.269 e. The lowest BCUT2D eigenvalue weighted by Crippen LogP contribution is -2.43. The first kappa shape index (κ1) is 21.8. The van der Waals surface area contributed by atoms with Crippen molar-refractivity contribution in [2.24, 2.45) is 0 Å². The summed E-state index contributed by atoms with van der Waals surface area (Å²) in [6.45, 7) is 5.05. The largest absolute Gasteiger partial charge is 0.490 e. The summed E-state index contributed by atoms with van der Waals surface area (Å²) in [6, 6.07) is 12.2. The van der Waals surface area contributed by atoms with Gasteiger partial charge in [-0.1, -0.05) is 31.0 Å². The van der Waals surface area contributed by atoms with Gasteiger partial charge in [0.05, 0.1) is 13.2 Å². The van der Waals surface area contributed by atoms with E-state index < -0.39 is 0 Å². The van der Waals surface area contributed by atoms with E-state index in [9.17, 15) is 4.79 Å². The number of rotatable bonds is 8. The van der Waals surface area contributed by atoms with Crippen LogP contribution in [0.2, 0.25) is 5.02 Å². The van der Waals surface area contributed by atoms with Crippen LogP contribution in [0, 0.1) is 0 Å². The third kappa shape index (κ3) is 6.90. The molecule has 0 aliphatic heterocycles. The minimum atomic E-state index is -0.351. The number of benzene rings is 2. The number of hydrazine groups is 1. The van der Waals surface area contributed by atoms with E-state index >= 15 is 0 Å². The van der Waals surface area contributed by atoms with Gasteiger partial charge in [-0.15, -0.1) is 0 Å². The summed E-state index contributed by atoms with van der Waals surface area (Å²) in [7, 11) is 0. The van der Waals surface area contributed by atoms with Gasteiger partial charge in [0, 0.05) is 16.3 Å². The van der Waals surface area contributed by atoms with Crippen molar-refractivity contribution in [3.8, 4) is 11.5 Å². The molecular weight excluding hydrogens is 398 g/mol. The van der Waals surface area contributed by atoms with Crippen molar-refractivity contribution in [3.05, 3.63) is 53.1 Å². The van der Waals surface area contributed by atoms with Crippen molar-refractivity contribution >= 4 is 40.5 Å². The third-order valence-corrected chi connectivity index (χ3v) is 4.07. The van der Waals surface area contributed by atoms with E-state index in [-0.39, 0.29) is 11.0 Å². The first-order chi connectivity index (χ1) is 13.5. The zero-order valence-electron chi connectivity index (χ0n) is 15.9. The Morgan fingerprint density at radius 2 is 1.89 bits per heavy atom. The highest BCUT2D eigenvalue weighted by Gasteiger charge is 2.12. The Morgan fingerprint density at radius 3 is 2.61 bits per heavy atom. The van der Waals surface area contributed by atoms with Crippen molar-refractivity contribution in [1.29, 1.82) is 0 Å². The molecule has 0 radical (unpaired) electrons. The molecule has 0 heterocycles. The second kappa shape index (κ2) is 11.4. The zero-order chi connectivity index (χ0) is 20.4. The summed E-state index contributed by atoms with van der Waals surface area (Å²) in [5.74, 6) is 0.806. The summed E-state index contributed by atoms with van der Waals surface area (Å²) in [5, 5.41) is 3.76. The van der Waals surface area contributed by atoms with E-state index in [4.69, 9.17) is 33.3 Å². The molecule has 0 aliphatic rings. The van der Waals surface area contributed by atoms with Crippen LogP contribution in [0.4, 0.5) is 5.69 Å². The minimum Gasteiger partial charge on any atom is -0.490 e. The fraction of sp³-hybridized carbons (Fsp3) is 0.300. The number of hydrogen-bond acceptors (Lipinski definition) is 4. The van der Waals surface area contributed by atoms with E-state index in [1.54, 1.807) is 36.4 Å². The lowest BCUT2D eigenvalue weighted by atomic mass is 10.2. The van der Waals surface area contributed by atoms with Crippen LogP contribution in [0.15, 0.2) is 42.5 Å². The first-order valence-corrected chi connectivity index (χ1v) is 9.84. The number of nitrogens with one attached hydrogen (secondary N) is 3. The molecule has 0 unspecified atom stereocenters. The molecular formula is C20H24ClN3O3S. The van der Waals surface area contributed by atoms with Gasteiger partial charge in [0.25, 0.3) is 5.91 Å². The maximum Gasteiger partial charge on any atom is 0.269 e. The Labute approximate surface area is 175 Å². The maximum absolute atomic E-state index is 12.4. The number of anilines is 1. The van der Waals surface area contributed by atoms with Gasteiger partial charge in [0.1, 0.15) is 0 Å². The van der Waals surface area contributed by atoms with E-state index in [1.165, 1.54) is 0 Å². The van der Waals surface area contributed by atoms with Crippen molar-refractivity contribution in [2.75, 3.05) is 18.5 Å². The Morgan fingerprint density at radius 1 is 1.07 bits per heavy atom. The molecule has 0 fully saturated rings. The molecule has 0 spiro atoms. The zero-order valence-corrected chi connectivity index (χ0v) is 17.5. The van der Waals surface area contributed by atoms with Gasteiger partial charge in [-0.3, -0.25) is 15.6 Å². The third-order valence-electron chi connectivity index (χ3n) is 3.63. The first-order valence-electron chi connectivity index (χ1n) is 9.06. The van der Waals surface area contributed by atoms with Gasteiger partial charge in [-0.25, -0.2) is 0 Å².